The maximum absolute atomic E-state index is 11.9. The smallest absolute Gasteiger partial charge is 0.270 e. The maximum Gasteiger partial charge on any atom is 0.270 e. The zero-order valence-corrected chi connectivity index (χ0v) is 14.7. The third-order valence-electron chi connectivity index (χ3n) is 2.93. The van der Waals surface area contributed by atoms with Gasteiger partial charge in [0.1, 0.15) is 5.69 Å². The molecule has 0 radical (unpaired) electrons. The Bertz CT molecular complexity index is 690. The standard InChI is InChI=1S/C15H17BrN4O2S/c16-11-3-1-2-10(8-11)14(21)18-6-7-19-15(22)12-9-23-13(20-12)4-5-17/h1-3,8-9H,4-7,17H2,(H,18,21)(H,19,22). The summed E-state index contributed by atoms with van der Waals surface area (Å²) in [6, 6.07) is 7.11. The molecule has 122 valence electrons. The van der Waals surface area contributed by atoms with Crippen molar-refractivity contribution >= 4 is 39.1 Å². The number of hydrogen-bond acceptors (Lipinski definition) is 5. The second-order valence-electron chi connectivity index (χ2n) is 4.69. The Morgan fingerprint density at radius 2 is 1.96 bits per heavy atom. The molecule has 2 amide bonds. The quantitative estimate of drug-likeness (QED) is 0.618. The molecule has 0 fully saturated rings. The Hall–Kier alpha value is -1.77. The lowest BCUT2D eigenvalue weighted by Gasteiger charge is -2.06. The van der Waals surface area contributed by atoms with Crippen molar-refractivity contribution < 1.29 is 9.59 Å². The van der Waals surface area contributed by atoms with Crippen LogP contribution in [0.5, 0.6) is 0 Å². The second-order valence-corrected chi connectivity index (χ2v) is 6.55. The highest BCUT2D eigenvalue weighted by Crippen LogP contribution is 2.11. The van der Waals surface area contributed by atoms with Crippen molar-refractivity contribution in [3.63, 3.8) is 0 Å². The van der Waals surface area contributed by atoms with Crippen molar-refractivity contribution in [3.05, 3.63) is 50.4 Å². The third-order valence-corrected chi connectivity index (χ3v) is 4.33. The molecule has 0 saturated carbocycles. The predicted octanol–water partition coefficient (Wildman–Crippen LogP) is 1.57. The molecule has 0 bridgehead atoms. The van der Waals surface area contributed by atoms with E-state index in [1.807, 2.05) is 6.07 Å². The van der Waals surface area contributed by atoms with Crippen molar-refractivity contribution in [3.8, 4) is 0 Å². The maximum atomic E-state index is 11.9. The summed E-state index contributed by atoms with van der Waals surface area (Å²) < 4.78 is 0.843. The van der Waals surface area contributed by atoms with Gasteiger partial charge >= 0.3 is 0 Å². The van der Waals surface area contributed by atoms with Gasteiger partial charge in [0.05, 0.1) is 5.01 Å². The van der Waals surface area contributed by atoms with Crippen LogP contribution in [0.15, 0.2) is 34.1 Å². The van der Waals surface area contributed by atoms with E-state index >= 15 is 0 Å². The van der Waals surface area contributed by atoms with Crippen LogP contribution in [0.25, 0.3) is 0 Å². The number of rotatable bonds is 7. The molecule has 4 N–H and O–H groups in total. The van der Waals surface area contributed by atoms with Crippen LogP contribution in [0.2, 0.25) is 0 Å². The number of carbonyl (C=O) groups excluding carboxylic acids is 2. The van der Waals surface area contributed by atoms with Gasteiger partial charge in [0.2, 0.25) is 0 Å². The Labute approximate surface area is 146 Å². The van der Waals surface area contributed by atoms with Gasteiger partial charge in [0.15, 0.2) is 0 Å². The van der Waals surface area contributed by atoms with Crippen molar-refractivity contribution in [2.75, 3.05) is 19.6 Å². The number of thiazole rings is 1. The fourth-order valence-electron chi connectivity index (χ4n) is 1.83. The number of hydrogen-bond donors (Lipinski definition) is 3. The molecular formula is C15H17BrN4O2S. The van der Waals surface area contributed by atoms with E-state index < -0.39 is 0 Å². The zero-order valence-electron chi connectivity index (χ0n) is 12.3. The van der Waals surface area contributed by atoms with Crippen molar-refractivity contribution in [2.24, 2.45) is 5.73 Å². The summed E-state index contributed by atoms with van der Waals surface area (Å²) in [6.45, 7) is 1.19. The molecule has 0 unspecified atom stereocenters. The minimum absolute atomic E-state index is 0.181. The summed E-state index contributed by atoms with van der Waals surface area (Å²) in [5.74, 6) is -0.430. The van der Waals surface area contributed by atoms with Crippen LogP contribution in [0, 0.1) is 0 Å². The van der Waals surface area contributed by atoms with Crippen molar-refractivity contribution in [1.82, 2.24) is 15.6 Å². The van der Waals surface area contributed by atoms with Crippen LogP contribution in [-0.4, -0.2) is 36.4 Å². The highest BCUT2D eigenvalue weighted by Gasteiger charge is 2.10. The van der Waals surface area contributed by atoms with Crippen molar-refractivity contribution in [1.29, 1.82) is 0 Å². The number of nitrogens with one attached hydrogen (secondary N) is 2. The fourth-order valence-corrected chi connectivity index (χ4v) is 3.02. The number of carbonyl (C=O) groups is 2. The first-order valence-electron chi connectivity index (χ1n) is 7.06. The predicted molar refractivity (Wildman–Crippen MR) is 93.7 cm³/mol. The Kier molecular flexibility index (Phi) is 6.69. The molecule has 2 rings (SSSR count). The van der Waals surface area contributed by atoms with E-state index in [1.165, 1.54) is 11.3 Å². The number of nitrogens with zero attached hydrogens (tertiary/aromatic N) is 1. The van der Waals surface area contributed by atoms with E-state index in [9.17, 15) is 9.59 Å². The molecule has 1 aromatic carbocycles. The monoisotopic (exact) mass is 396 g/mol. The van der Waals surface area contributed by atoms with E-state index in [0.29, 0.717) is 37.3 Å². The topological polar surface area (TPSA) is 97.1 Å². The molecule has 2 aromatic rings. The summed E-state index contributed by atoms with van der Waals surface area (Å²) in [5, 5.41) is 8.03. The van der Waals surface area contributed by atoms with E-state index in [1.54, 1.807) is 23.6 Å². The van der Waals surface area contributed by atoms with E-state index in [-0.39, 0.29) is 11.8 Å². The first kappa shape index (κ1) is 17.6. The van der Waals surface area contributed by atoms with Gasteiger partial charge in [-0.1, -0.05) is 22.0 Å². The normalized spacial score (nSPS) is 10.3. The van der Waals surface area contributed by atoms with Gasteiger partial charge in [-0.15, -0.1) is 11.3 Å². The highest BCUT2D eigenvalue weighted by molar-refractivity contribution is 9.10. The van der Waals surface area contributed by atoms with E-state index in [4.69, 9.17) is 5.73 Å². The summed E-state index contributed by atoms with van der Waals surface area (Å²) in [7, 11) is 0. The molecule has 0 aliphatic carbocycles. The molecule has 0 atom stereocenters. The summed E-state index contributed by atoms with van der Waals surface area (Å²) >= 11 is 4.74. The molecule has 23 heavy (non-hydrogen) atoms. The van der Waals surface area contributed by atoms with Gasteiger partial charge in [0, 0.05) is 34.9 Å². The van der Waals surface area contributed by atoms with Gasteiger partial charge < -0.3 is 16.4 Å². The Morgan fingerprint density at radius 3 is 2.65 bits per heavy atom. The van der Waals surface area contributed by atoms with Crippen LogP contribution in [0.3, 0.4) is 0 Å². The lowest BCUT2D eigenvalue weighted by molar-refractivity contribution is 0.0925. The largest absolute Gasteiger partial charge is 0.350 e. The summed E-state index contributed by atoms with van der Waals surface area (Å²) in [5.41, 5.74) is 6.40. The van der Waals surface area contributed by atoms with Gasteiger partial charge in [0.25, 0.3) is 11.8 Å². The molecule has 6 nitrogen and oxygen atoms in total. The van der Waals surface area contributed by atoms with Crippen LogP contribution < -0.4 is 16.4 Å². The highest BCUT2D eigenvalue weighted by atomic mass is 79.9. The van der Waals surface area contributed by atoms with Crippen LogP contribution in [0.1, 0.15) is 25.9 Å². The van der Waals surface area contributed by atoms with Gasteiger partial charge in [-0.25, -0.2) is 4.98 Å². The first-order valence-corrected chi connectivity index (χ1v) is 8.74. The number of benzene rings is 1. The average molecular weight is 397 g/mol. The summed E-state index contributed by atoms with van der Waals surface area (Å²) in [4.78, 5) is 28.0. The molecular weight excluding hydrogens is 380 g/mol. The zero-order chi connectivity index (χ0) is 16.7. The van der Waals surface area contributed by atoms with E-state index in [0.717, 1.165) is 9.48 Å². The lowest BCUT2D eigenvalue weighted by atomic mass is 10.2. The molecule has 0 aliphatic rings. The lowest BCUT2D eigenvalue weighted by Crippen LogP contribution is -2.34. The third kappa shape index (κ3) is 5.42. The molecule has 8 heteroatoms. The minimum atomic E-state index is -0.249. The molecule has 0 aliphatic heterocycles. The van der Waals surface area contributed by atoms with E-state index in [2.05, 4.69) is 31.5 Å². The van der Waals surface area contributed by atoms with Crippen molar-refractivity contribution in [2.45, 2.75) is 6.42 Å². The second kappa shape index (κ2) is 8.76. The fraction of sp³-hybridized carbons (Fsp3) is 0.267. The van der Waals surface area contributed by atoms with Gasteiger partial charge in [-0.05, 0) is 24.7 Å². The number of nitrogens with two attached hydrogens (primary N) is 1. The van der Waals surface area contributed by atoms with Crippen LogP contribution >= 0.6 is 27.3 Å². The average Bonchev–Trinajstić information content (AvgIpc) is 3.00. The molecule has 1 aromatic heterocycles. The van der Waals surface area contributed by atoms with Gasteiger partial charge in [-0.2, -0.15) is 0 Å². The van der Waals surface area contributed by atoms with Crippen LogP contribution in [-0.2, 0) is 6.42 Å². The Morgan fingerprint density at radius 1 is 1.22 bits per heavy atom. The number of halogens is 1. The minimum Gasteiger partial charge on any atom is -0.350 e. The summed E-state index contributed by atoms with van der Waals surface area (Å²) in [6.07, 6.45) is 0.667. The Balaban J connectivity index is 1.74. The first-order chi connectivity index (χ1) is 11.1. The van der Waals surface area contributed by atoms with Gasteiger partial charge in [-0.3, -0.25) is 9.59 Å². The number of aromatic nitrogens is 1. The molecule has 0 saturated heterocycles. The molecule has 0 spiro atoms. The van der Waals surface area contributed by atoms with Crippen LogP contribution in [0.4, 0.5) is 0 Å². The SMILES string of the molecule is NCCc1nc(C(=O)NCCNC(=O)c2cccc(Br)c2)cs1. The molecule has 1 heterocycles. The number of amides is 2.